The van der Waals surface area contributed by atoms with Crippen molar-refractivity contribution in [2.75, 3.05) is 26.4 Å². The minimum atomic E-state index is -4.37. The predicted octanol–water partition coefficient (Wildman–Crippen LogP) is 10.0. The number of esters is 2. The Kier molecular flexibility index (Phi) is 33.3. The van der Waals surface area contributed by atoms with Crippen molar-refractivity contribution in [2.45, 2.75) is 174 Å². The van der Waals surface area contributed by atoms with Crippen molar-refractivity contribution in [1.29, 1.82) is 0 Å². The Morgan fingerprint density at radius 1 is 0.617 bits per heavy atom. The number of carbonyl (C=O) groups is 2. The van der Waals surface area contributed by atoms with E-state index in [1.165, 1.54) is 64.2 Å². The van der Waals surface area contributed by atoms with Gasteiger partial charge < -0.3 is 20.1 Å². The number of hydrogen-bond acceptors (Lipinski definition) is 8. The average Bonchev–Trinajstić information content (AvgIpc) is 3.05. The van der Waals surface area contributed by atoms with Crippen molar-refractivity contribution in [3.8, 4) is 0 Å². The van der Waals surface area contributed by atoms with Gasteiger partial charge in [-0.1, -0.05) is 115 Å². The van der Waals surface area contributed by atoms with Crippen LogP contribution in [0.25, 0.3) is 0 Å². The highest BCUT2D eigenvalue weighted by Crippen LogP contribution is 2.43. The molecule has 10 heteroatoms. The van der Waals surface area contributed by atoms with Crippen LogP contribution in [0.1, 0.15) is 168 Å². The van der Waals surface area contributed by atoms with Crippen LogP contribution in [0, 0.1) is 0 Å². The molecule has 0 radical (unpaired) electrons. The van der Waals surface area contributed by atoms with E-state index < -0.39 is 32.5 Å². The molecule has 0 amide bonds. The van der Waals surface area contributed by atoms with E-state index in [-0.39, 0.29) is 32.6 Å². The molecule has 0 aromatic heterocycles. The standard InChI is InChI=1S/C37H70NO8P/c1-3-5-7-9-11-13-15-17-18-20-22-24-26-28-30-37(40)46-35(34-45-47(41,42)44-32-31-38)33-43-36(39)29-27-25-23-21-19-16-14-12-10-8-6-4-2/h12,14-15,17,35H,3-11,13,16,18-34,38H2,1-2H3,(H,41,42)/b14-12-,17-15-. The maximum atomic E-state index is 12.5. The summed E-state index contributed by atoms with van der Waals surface area (Å²) in [5.74, 6) is -0.850. The Balaban J connectivity index is 4.26. The highest BCUT2D eigenvalue weighted by Gasteiger charge is 2.25. The van der Waals surface area contributed by atoms with Crippen molar-refractivity contribution < 1.29 is 37.6 Å². The lowest BCUT2D eigenvalue weighted by Gasteiger charge is -2.19. The first-order valence-corrected chi connectivity index (χ1v) is 20.3. The second-order valence-corrected chi connectivity index (χ2v) is 13.9. The van der Waals surface area contributed by atoms with Gasteiger partial charge in [-0.3, -0.25) is 18.6 Å². The van der Waals surface area contributed by atoms with Crippen LogP contribution in [-0.2, 0) is 32.7 Å². The summed E-state index contributed by atoms with van der Waals surface area (Å²) in [5, 5.41) is 0. The summed E-state index contributed by atoms with van der Waals surface area (Å²) >= 11 is 0. The van der Waals surface area contributed by atoms with Crippen LogP contribution in [-0.4, -0.2) is 49.3 Å². The van der Waals surface area contributed by atoms with Gasteiger partial charge in [-0.15, -0.1) is 0 Å². The van der Waals surface area contributed by atoms with Gasteiger partial charge >= 0.3 is 19.8 Å². The van der Waals surface area contributed by atoms with E-state index in [1.807, 2.05) is 0 Å². The number of allylic oxidation sites excluding steroid dienone is 4. The first-order valence-electron chi connectivity index (χ1n) is 18.8. The summed E-state index contributed by atoms with van der Waals surface area (Å²) in [5.41, 5.74) is 5.32. The quantitative estimate of drug-likeness (QED) is 0.0289. The third kappa shape index (κ3) is 34.2. The summed E-state index contributed by atoms with van der Waals surface area (Å²) in [7, 11) is -4.37. The monoisotopic (exact) mass is 687 g/mol. The van der Waals surface area contributed by atoms with Gasteiger partial charge in [0.05, 0.1) is 13.2 Å². The lowest BCUT2D eigenvalue weighted by molar-refractivity contribution is -0.161. The van der Waals surface area contributed by atoms with Crippen LogP contribution in [0.3, 0.4) is 0 Å². The maximum Gasteiger partial charge on any atom is 0.472 e. The van der Waals surface area contributed by atoms with Crippen LogP contribution in [0.15, 0.2) is 24.3 Å². The summed E-state index contributed by atoms with van der Waals surface area (Å²) in [6.45, 7) is 3.66. The molecule has 47 heavy (non-hydrogen) atoms. The molecule has 0 heterocycles. The highest BCUT2D eigenvalue weighted by molar-refractivity contribution is 7.47. The van der Waals surface area contributed by atoms with Gasteiger partial charge in [-0.2, -0.15) is 0 Å². The predicted molar refractivity (Wildman–Crippen MR) is 192 cm³/mol. The summed E-state index contributed by atoms with van der Waals surface area (Å²) in [6, 6.07) is 0. The molecule has 0 fully saturated rings. The summed E-state index contributed by atoms with van der Waals surface area (Å²) in [4.78, 5) is 34.6. The van der Waals surface area contributed by atoms with Gasteiger partial charge in [-0.25, -0.2) is 4.57 Å². The zero-order valence-electron chi connectivity index (χ0n) is 30.0. The maximum absolute atomic E-state index is 12.5. The van der Waals surface area contributed by atoms with Crippen molar-refractivity contribution >= 4 is 19.8 Å². The number of phosphoric acid groups is 1. The summed E-state index contributed by atoms with van der Waals surface area (Å²) in [6.07, 6.45) is 33.5. The molecule has 0 spiro atoms. The number of phosphoric ester groups is 1. The van der Waals surface area contributed by atoms with Crippen molar-refractivity contribution in [3.05, 3.63) is 24.3 Å². The largest absolute Gasteiger partial charge is 0.472 e. The van der Waals surface area contributed by atoms with Crippen LogP contribution < -0.4 is 5.73 Å². The number of nitrogens with two attached hydrogens (primary N) is 1. The zero-order chi connectivity index (χ0) is 34.7. The molecule has 0 saturated carbocycles. The second kappa shape index (κ2) is 34.4. The van der Waals surface area contributed by atoms with E-state index in [2.05, 4.69) is 38.2 Å². The Bertz CT molecular complexity index is 835. The number of hydrogen-bond donors (Lipinski definition) is 2. The van der Waals surface area contributed by atoms with Crippen LogP contribution in [0.2, 0.25) is 0 Å². The topological polar surface area (TPSA) is 134 Å². The minimum Gasteiger partial charge on any atom is -0.462 e. The van der Waals surface area contributed by atoms with Crippen LogP contribution >= 0.6 is 7.82 Å². The molecule has 9 nitrogen and oxygen atoms in total. The first kappa shape index (κ1) is 45.5. The molecule has 0 aromatic carbocycles. The smallest absolute Gasteiger partial charge is 0.462 e. The Morgan fingerprint density at radius 3 is 1.55 bits per heavy atom. The number of rotatable bonds is 35. The van der Waals surface area contributed by atoms with Gasteiger partial charge in [-0.05, 0) is 64.2 Å². The fourth-order valence-electron chi connectivity index (χ4n) is 4.97. The lowest BCUT2D eigenvalue weighted by atomic mass is 10.1. The summed E-state index contributed by atoms with van der Waals surface area (Å²) < 4.78 is 32.6. The molecule has 2 unspecified atom stereocenters. The number of carbonyl (C=O) groups excluding carboxylic acids is 2. The Labute approximate surface area is 287 Å². The number of ether oxygens (including phenoxy) is 2. The third-order valence-corrected chi connectivity index (χ3v) is 8.79. The van der Waals surface area contributed by atoms with E-state index in [9.17, 15) is 19.0 Å². The van der Waals surface area contributed by atoms with Crippen molar-refractivity contribution in [3.63, 3.8) is 0 Å². The molecule has 0 bridgehead atoms. The SMILES string of the molecule is CCCCC/C=C\CCCCCCCC(=O)OCC(COP(=O)(O)OCCN)OC(=O)CCCCCCC/C=C\CCCCCCC. The van der Waals surface area contributed by atoms with E-state index in [0.29, 0.717) is 6.42 Å². The van der Waals surface area contributed by atoms with Crippen molar-refractivity contribution in [1.82, 2.24) is 0 Å². The molecular weight excluding hydrogens is 617 g/mol. The first-order chi connectivity index (χ1) is 22.8. The van der Waals surface area contributed by atoms with Crippen molar-refractivity contribution in [2.24, 2.45) is 5.73 Å². The Morgan fingerprint density at radius 2 is 1.04 bits per heavy atom. The van der Waals surface area contributed by atoms with Crippen LogP contribution in [0.4, 0.5) is 0 Å². The second-order valence-electron chi connectivity index (χ2n) is 12.4. The molecule has 0 aromatic rings. The lowest BCUT2D eigenvalue weighted by Crippen LogP contribution is -2.29. The van der Waals surface area contributed by atoms with E-state index in [1.54, 1.807) is 0 Å². The molecule has 3 N–H and O–H groups in total. The van der Waals surface area contributed by atoms with E-state index in [0.717, 1.165) is 70.6 Å². The fraction of sp³-hybridized carbons (Fsp3) is 0.838. The van der Waals surface area contributed by atoms with Gasteiger partial charge in [0.15, 0.2) is 6.10 Å². The molecule has 276 valence electrons. The van der Waals surface area contributed by atoms with Gasteiger partial charge in [0.1, 0.15) is 6.61 Å². The zero-order valence-corrected chi connectivity index (χ0v) is 30.9. The fourth-order valence-corrected chi connectivity index (χ4v) is 5.74. The van der Waals surface area contributed by atoms with Gasteiger partial charge in [0.2, 0.25) is 0 Å². The van der Waals surface area contributed by atoms with Crippen LogP contribution in [0.5, 0.6) is 0 Å². The van der Waals surface area contributed by atoms with E-state index in [4.69, 9.17) is 24.3 Å². The Hall–Kier alpha value is -1.51. The molecule has 2 atom stereocenters. The van der Waals surface area contributed by atoms with Gasteiger partial charge in [0, 0.05) is 19.4 Å². The minimum absolute atomic E-state index is 0.0516. The third-order valence-electron chi connectivity index (χ3n) is 7.81. The average molecular weight is 688 g/mol. The van der Waals surface area contributed by atoms with E-state index >= 15 is 0 Å². The molecule has 0 saturated heterocycles. The molecule has 0 rings (SSSR count). The molecule has 0 aliphatic rings. The molecule has 0 aliphatic carbocycles. The molecule has 0 aliphatic heterocycles. The normalized spacial score (nSPS) is 13.7. The highest BCUT2D eigenvalue weighted by atomic mass is 31.2. The van der Waals surface area contributed by atoms with Gasteiger partial charge in [0.25, 0.3) is 0 Å². The number of unbranched alkanes of at least 4 members (excludes halogenated alkanes) is 18. The molecular formula is C37H70NO8P.